The zero-order valence-corrected chi connectivity index (χ0v) is 8.01. The van der Waals surface area contributed by atoms with Crippen LogP contribution in [0.1, 0.15) is 11.1 Å². The number of nitrogens with two attached hydrogens (primary N) is 1. The summed E-state index contributed by atoms with van der Waals surface area (Å²) in [5.74, 6) is 0.318. The molecule has 2 rings (SSSR count). The molecule has 1 aromatic carbocycles. The third-order valence-electron chi connectivity index (χ3n) is 2.15. The molecule has 0 unspecified atom stereocenters. The lowest BCUT2D eigenvalue weighted by Gasteiger charge is -2.04. The van der Waals surface area contributed by atoms with Crippen molar-refractivity contribution < 1.29 is 0 Å². The average Bonchev–Trinajstić information content (AvgIpc) is 2.56. The molecule has 0 aliphatic heterocycles. The van der Waals surface area contributed by atoms with Crippen LogP contribution in [0.15, 0.2) is 30.6 Å². The third kappa shape index (κ3) is 1.74. The maximum absolute atomic E-state index is 5.43. The Morgan fingerprint density at radius 2 is 2.14 bits per heavy atom. The molecule has 14 heavy (non-hydrogen) atoms. The van der Waals surface area contributed by atoms with E-state index in [9.17, 15) is 0 Å². The molecule has 0 spiro atoms. The first-order valence-electron chi connectivity index (χ1n) is 4.45. The van der Waals surface area contributed by atoms with E-state index in [4.69, 9.17) is 5.73 Å². The standard InChI is InChI=1S/C10H12N4/c1-8-4-2-3-5-9(8)6-14-7-12-10(11)13-14/h2-5,7H,6H2,1H3,(H2,11,13). The Morgan fingerprint density at radius 3 is 2.79 bits per heavy atom. The highest BCUT2D eigenvalue weighted by Crippen LogP contribution is 2.08. The summed E-state index contributed by atoms with van der Waals surface area (Å²) in [7, 11) is 0. The van der Waals surface area contributed by atoms with Crippen LogP contribution in [0.3, 0.4) is 0 Å². The maximum atomic E-state index is 5.43. The quantitative estimate of drug-likeness (QED) is 0.770. The Labute approximate surface area is 82.4 Å². The van der Waals surface area contributed by atoms with E-state index in [1.807, 2.05) is 12.1 Å². The summed E-state index contributed by atoms with van der Waals surface area (Å²) in [6, 6.07) is 8.19. The molecule has 0 bridgehead atoms. The van der Waals surface area contributed by atoms with E-state index >= 15 is 0 Å². The fourth-order valence-corrected chi connectivity index (χ4v) is 1.35. The zero-order chi connectivity index (χ0) is 9.97. The fraction of sp³-hybridized carbons (Fsp3) is 0.200. The molecule has 2 N–H and O–H groups in total. The van der Waals surface area contributed by atoms with Gasteiger partial charge in [0, 0.05) is 0 Å². The van der Waals surface area contributed by atoms with Crippen molar-refractivity contribution in [3.63, 3.8) is 0 Å². The molecule has 4 nitrogen and oxygen atoms in total. The van der Waals surface area contributed by atoms with Gasteiger partial charge in [-0.3, -0.25) is 0 Å². The number of hydrogen-bond donors (Lipinski definition) is 1. The number of aromatic nitrogens is 3. The van der Waals surface area contributed by atoms with Crippen LogP contribution in [0.4, 0.5) is 5.95 Å². The predicted octanol–water partition coefficient (Wildman–Crippen LogP) is 1.22. The summed E-state index contributed by atoms with van der Waals surface area (Å²) in [6.45, 7) is 2.80. The van der Waals surface area contributed by atoms with Crippen molar-refractivity contribution in [3.05, 3.63) is 41.7 Å². The minimum absolute atomic E-state index is 0.318. The van der Waals surface area contributed by atoms with Crippen LogP contribution >= 0.6 is 0 Å². The Bertz CT molecular complexity index is 433. The van der Waals surface area contributed by atoms with Crippen molar-refractivity contribution in [3.8, 4) is 0 Å². The smallest absolute Gasteiger partial charge is 0.239 e. The first-order valence-corrected chi connectivity index (χ1v) is 4.45. The second-order valence-electron chi connectivity index (χ2n) is 3.23. The van der Waals surface area contributed by atoms with Gasteiger partial charge in [0.15, 0.2) is 0 Å². The van der Waals surface area contributed by atoms with Gasteiger partial charge in [0.1, 0.15) is 6.33 Å². The van der Waals surface area contributed by atoms with Crippen molar-refractivity contribution in [2.24, 2.45) is 0 Å². The van der Waals surface area contributed by atoms with Gasteiger partial charge in [0.05, 0.1) is 6.54 Å². The second-order valence-corrected chi connectivity index (χ2v) is 3.23. The Morgan fingerprint density at radius 1 is 1.36 bits per heavy atom. The van der Waals surface area contributed by atoms with Gasteiger partial charge in [-0.05, 0) is 18.1 Å². The van der Waals surface area contributed by atoms with Crippen LogP contribution in [0, 0.1) is 6.92 Å². The largest absolute Gasteiger partial charge is 0.367 e. The SMILES string of the molecule is Cc1ccccc1Cn1cnc(N)n1. The van der Waals surface area contributed by atoms with Crippen molar-refractivity contribution >= 4 is 5.95 Å². The summed E-state index contributed by atoms with van der Waals surface area (Å²) in [4.78, 5) is 3.87. The molecule has 0 aliphatic carbocycles. The molecule has 0 fully saturated rings. The highest BCUT2D eigenvalue weighted by molar-refractivity contribution is 5.25. The van der Waals surface area contributed by atoms with Crippen LogP contribution in [0.2, 0.25) is 0 Å². The van der Waals surface area contributed by atoms with Crippen LogP contribution < -0.4 is 5.73 Å². The highest BCUT2D eigenvalue weighted by atomic mass is 15.4. The Hall–Kier alpha value is -1.84. The molecule has 4 heteroatoms. The first kappa shape index (κ1) is 8.74. The van der Waals surface area contributed by atoms with Crippen molar-refractivity contribution in [2.45, 2.75) is 13.5 Å². The molecular formula is C10H12N4. The molecule has 1 aromatic heterocycles. The summed E-state index contributed by atoms with van der Waals surface area (Å²) >= 11 is 0. The number of hydrogen-bond acceptors (Lipinski definition) is 3. The van der Waals surface area contributed by atoms with E-state index in [1.165, 1.54) is 11.1 Å². The first-order chi connectivity index (χ1) is 6.75. The van der Waals surface area contributed by atoms with E-state index in [2.05, 4.69) is 29.1 Å². The van der Waals surface area contributed by atoms with Gasteiger partial charge in [0.2, 0.25) is 5.95 Å². The highest BCUT2D eigenvalue weighted by Gasteiger charge is 1.99. The molecule has 0 aliphatic rings. The molecule has 72 valence electrons. The van der Waals surface area contributed by atoms with Gasteiger partial charge in [-0.1, -0.05) is 24.3 Å². The lowest BCUT2D eigenvalue weighted by Crippen LogP contribution is -2.02. The molecule has 0 saturated heterocycles. The molecule has 2 aromatic rings. The van der Waals surface area contributed by atoms with Crippen LogP contribution in [0.25, 0.3) is 0 Å². The average molecular weight is 188 g/mol. The van der Waals surface area contributed by atoms with Crippen LogP contribution in [-0.4, -0.2) is 14.8 Å². The lowest BCUT2D eigenvalue weighted by molar-refractivity contribution is 0.685. The van der Waals surface area contributed by atoms with Gasteiger partial charge < -0.3 is 5.73 Å². The van der Waals surface area contributed by atoms with Gasteiger partial charge in [-0.15, -0.1) is 5.10 Å². The lowest BCUT2D eigenvalue weighted by atomic mass is 10.1. The Kier molecular flexibility index (Phi) is 2.18. The summed E-state index contributed by atoms with van der Waals surface area (Å²) in [5.41, 5.74) is 7.91. The fourth-order valence-electron chi connectivity index (χ4n) is 1.35. The number of benzene rings is 1. The molecule has 0 saturated carbocycles. The second kappa shape index (κ2) is 3.49. The van der Waals surface area contributed by atoms with Gasteiger partial charge in [-0.25, -0.2) is 9.67 Å². The minimum Gasteiger partial charge on any atom is -0.367 e. The van der Waals surface area contributed by atoms with Gasteiger partial charge >= 0.3 is 0 Å². The Balaban J connectivity index is 2.23. The zero-order valence-electron chi connectivity index (χ0n) is 8.01. The predicted molar refractivity (Wildman–Crippen MR) is 54.7 cm³/mol. The van der Waals surface area contributed by atoms with E-state index in [1.54, 1.807) is 11.0 Å². The number of anilines is 1. The van der Waals surface area contributed by atoms with Gasteiger partial charge in [-0.2, -0.15) is 0 Å². The number of rotatable bonds is 2. The van der Waals surface area contributed by atoms with E-state index in [0.717, 1.165) is 6.54 Å². The maximum Gasteiger partial charge on any atom is 0.239 e. The molecule has 0 radical (unpaired) electrons. The number of nitrogens with zero attached hydrogens (tertiary/aromatic N) is 3. The van der Waals surface area contributed by atoms with Gasteiger partial charge in [0.25, 0.3) is 0 Å². The normalized spacial score (nSPS) is 10.4. The molecule has 0 amide bonds. The molecule has 0 atom stereocenters. The van der Waals surface area contributed by atoms with Crippen molar-refractivity contribution in [1.82, 2.24) is 14.8 Å². The van der Waals surface area contributed by atoms with E-state index < -0.39 is 0 Å². The van der Waals surface area contributed by atoms with E-state index in [-0.39, 0.29) is 0 Å². The number of nitrogen functional groups attached to an aromatic ring is 1. The molecule has 1 heterocycles. The summed E-state index contributed by atoms with van der Waals surface area (Å²) < 4.78 is 1.73. The number of aryl methyl sites for hydroxylation is 1. The van der Waals surface area contributed by atoms with Crippen molar-refractivity contribution in [1.29, 1.82) is 0 Å². The van der Waals surface area contributed by atoms with Crippen molar-refractivity contribution in [2.75, 3.05) is 5.73 Å². The monoisotopic (exact) mass is 188 g/mol. The van der Waals surface area contributed by atoms with Crippen LogP contribution in [-0.2, 0) is 6.54 Å². The summed E-state index contributed by atoms with van der Waals surface area (Å²) in [5, 5.41) is 4.03. The topological polar surface area (TPSA) is 56.7 Å². The van der Waals surface area contributed by atoms with E-state index in [0.29, 0.717) is 5.95 Å². The summed E-state index contributed by atoms with van der Waals surface area (Å²) in [6.07, 6.45) is 1.64. The van der Waals surface area contributed by atoms with Crippen LogP contribution in [0.5, 0.6) is 0 Å². The third-order valence-corrected chi connectivity index (χ3v) is 2.15. The molecular weight excluding hydrogens is 176 g/mol. The minimum atomic E-state index is 0.318.